The van der Waals surface area contributed by atoms with E-state index in [2.05, 4.69) is 14.9 Å². The molecule has 0 amide bonds. The van der Waals surface area contributed by atoms with Crippen molar-refractivity contribution in [1.82, 2.24) is 14.7 Å². The summed E-state index contributed by atoms with van der Waals surface area (Å²) in [6.07, 6.45) is 4.93. The summed E-state index contributed by atoms with van der Waals surface area (Å²) in [5.74, 6) is 0.982. The fourth-order valence-electron chi connectivity index (χ4n) is 3.08. The molecule has 0 radical (unpaired) electrons. The lowest BCUT2D eigenvalue weighted by molar-refractivity contribution is 0.198. The number of β-amino-alcohol motifs (C(OH)–C–C–N with tert-alkyl or cyclic N) is 1. The van der Waals surface area contributed by atoms with Crippen LogP contribution in [0.4, 0.5) is 11.5 Å². The number of aliphatic hydroxyl groups excluding tert-OH is 1. The Morgan fingerprint density at radius 3 is 2.74 bits per heavy atom. The van der Waals surface area contributed by atoms with Gasteiger partial charge in [0.25, 0.3) is 0 Å². The number of hydrogen-bond acceptors (Lipinski definition) is 5. The topological polar surface area (TPSA) is 70.5 Å². The van der Waals surface area contributed by atoms with Crippen LogP contribution in [0.5, 0.6) is 0 Å². The molecule has 0 spiro atoms. The van der Waals surface area contributed by atoms with Crippen LogP contribution in [-0.4, -0.2) is 58.6 Å². The van der Waals surface area contributed by atoms with Crippen molar-refractivity contribution in [3.05, 3.63) is 6.20 Å². The molecule has 0 aromatic carbocycles. The van der Waals surface area contributed by atoms with Gasteiger partial charge in [0.1, 0.15) is 0 Å². The minimum Gasteiger partial charge on any atom is -0.394 e. The molecule has 1 atom stereocenters. The van der Waals surface area contributed by atoms with Gasteiger partial charge >= 0.3 is 0 Å². The molecule has 2 fully saturated rings. The first kappa shape index (κ1) is 12.7. The highest BCUT2D eigenvalue weighted by molar-refractivity contribution is 5.63. The third-order valence-corrected chi connectivity index (χ3v) is 4.13. The Hall–Kier alpha value is -1.27. The Bertz CT molecular complexity index is 427. The number of aromatic nitrogens is 2. The van der Waals surface area contributed by atoms with Gasteiger partial charge in [-0.2, -0.15) is 5.10 Å². The van der Waals surface area contributed by atoms with Gasteiger partial charge in [-0.15, -0.1) is 0 Å². The van der Waals surface area contributed by atoms with Gasteiger partial charge in [-0.05, 0) is 32.4 Å². The van der Waals surface area contributed by atoms with Crippen molar-refractivity contribution >= 4 is 11.5 Å². The van der Waals surface area contributed by atoms with Crippen LogP contribution in [0.2, 0.25) is 0 Å². The number of nitrogen functional groups attached to an aromatic ring is 1. The van der Waals surface area contributed by atoms with Crippen LogP contribution in [0.25, 0.3) is 0 Å². The molecule has 1 unspecified atom stereocenters. The maximum Gasteiger partial charge on any atom is 0.150 e. The van der Waals surface area contributed by atoms with Gasteiger partial charge in [0.15, 0.2) is 5.82 Å². The number of rotatable bonds is 4. The lowest BCUT2D eigenvalue weighted by Crippen LogP contribution is -2.28. The van der Waals surface area contributed by atoms with Crippen molar-refractivity contribution < 1.29 is 5.11 Å². The van der Waals surface area contributed by atoms with Gasteiger partial charge in [0, 0.05) is 19.6 Å². The molecule has 2 aliphatic rings. The summed E-state index contributed by atoms with van der Waals surface area (Å²) in [6.45, 7) is 5.84. The van der Waals surface area contributed by atoms with E-state index in [0.29, 0.717) is 6.54 Å². The number of anilines is 2. The third kappa shape index (κ3) is 2.69. The highest BCUT2D eigenvalue weighted by Crippen LogP contribution is 2.26. The zero-order chi connectivity index (χ0) is 13.2. The van der Waals surface area contributed by atoms with Crippen molar-refractivity contribution in [1.29, 1.82) is 0 Å². The number of hydrogen-bond donors (Lipinski definition) is 2. The highest BCUT2D eigenvalue weighted by Gasteiger charge is 2.25. The van der Waals surface area contributed by atoms with Gasteiger partial charge in [-0.25, -0.2) is 4.68 Å². The highest BCUT2D eigenvalue weighted by atomic mass is 16.3. The summed E-state index contributed by atoms with van der Waals surface area (Å²) < 4.78 is 1.99. The second-order valence-electron chi connectivity index (χ2n) is 5.58. The summed E-state index contributed by atoms with van der Waals surface area (Å²) in [5, 5.41) is 14.1. The largest absolute Gasteiger partial charge is 0.394 e. The van der Waals surface area contributed by atoms with Crippen molar-refractivity contribution in [2.75, 3.05) is 43.4 Å². The van der Waals surface area contributed by atoms with Crippen LogP contribution >= 0.6 is 0 Å². The second-order valence-corrected chi connectivity index (χ2v) is 5.58. The van der Waals surface area contributed by atoms with E-state index < -0.39 is 0 Å². The molecule has 3 rings (SSSR count). The first-order valence-electron chi connectivity index (χ1n) is 7.20. The molecule has 3 heterocycles. The van der Waals surface area contributed by atoms with Gasteiger partial charge in [-0.3, -0.25) is 0 Å². The van der Waals surface area contributed by atoms with Gasteiger partial charge in [-0.1, -0.05) is 0 Å². The lowest BCUT2D eigenvalue weighted by Gasteiger charge is -2.21. The molecule has 0 saturated carbocycles. The fourth-order valence-corrected chi connectivity index (χ4v) is 3.08. The Balaban J connectivity index is 1.67. The number of aliphatic hydroxyl groups is 1. The monoisotopic (exact) mass is 265 g/mol. The van der Waals surface area contributed by atoms with Crippen molar-refractivity contribution in [2.24, 2.45) is 0 Å². The molecule has 1 aromatic heterocycles. The molecule has 106 valence electrons. The summed E-state index contributed by atoms with van der Waals surface area (Å²) in [7, 11) is 0. The van der Waals surface area contributed by atoms with Crippen LogP contribution in [0, 0.1) is 0 Å². The third-order valence-electron chi connectivity index (χ3n) is 4.13. The number of nitrogens with two attached hydrogens (primary N) is 1. The number of nitrogens with zero attached hydrogens (tertiary/aromatic N) is 4. The van der Waals surface area contributed by atoms with E-state index in [0.717, 1.165) is 37.6 Å². The summed E-state index contributed by atoms with van der Waals surface area (Å²) in [5.41, 5.74) is 6.75. The predicted octanol–water partition coefficient (Wildman–Crippen LogP) is 0.132. The molecule has 0 bridgehead atoms. The normalized spacial score (nSPS) is 24.5. The van der Waals surface area contributed by atoms with Crippen LogP contribution in [-0.2, 0) is 6.54 Å². The maximum atomic E-state index is 9.66. The molecule has 2 saturated heterocycles. The standard InChI is InChI=1S/C13H23N5O/c14-12-9-15-18(8-7-16-4-1-2-5-16)13(12)17-6-3-11(19)10-17/h9,11,19H,1-8,10,14H2. The predicted molar refractivity (Wildman–Crippen MR) is 75.2 cm³/mol. The molecule has 1 aromatic rings. The quantitative estimate of drug-likeness (QED) is 0.810. The first-order chi connectivity index (χ1) is 9.24. The van der Waals surface area contributed by atoms with Crippen LogP contribution in [0.15, 0.2) is 6.20 Å². The smallest absolute Gasteiger partial charge is 0.150 e. The first-order valence-corrected chi connectivity index (χ1v) is 7.20. The van der Waals surface area contributed by atoms with E-state index in [1.807, 2.05) is 4.68 Å². The van der Waals surface area contributed by atoms with Crippen LogP contribution in [0.3, 0.4) is 0 Å². The summed E-state index contributed by atoms with van der Waals surface area (Å²) >= 11 is 0. The Labute approximate surface area is 113 Å². The van der Waals surface area contributed by atoms with Gasteiger partial charge in [0.2, 0.25) is 0 Å². The Morgan fingerprint density at radius 2 is 2.05 bits per heavy atom. The average molecular weight is 265 g/mol. The molecule has 19 heavy (non-hydrogen) atoms. The minimum absolute atomic E-state index is 0.235. The SMILES string of the molecule is Nc1cnn(CCN2CCCC2)c1N1CCC(O)C1. The molecule has 6 nitrogen and oxygen atoms in total. The molecule has 0 aliphatic carbocycles. The fraction of sp³-hybridized carbons (Fsp3) is 0.769. The lowest BCUT2D eigenvalue weighted by atomic mass is 10.3. The van der Waals surface area contributed by atoms with E-state index in [9.17, 15) is 5.11 Å². The molecular weight excluding hydrogens is 242 g/mol. The zero-order valence-corrected chi connectivity index (χ0v) is 11.3. The van der Waals surface area contributed by atoms with E-state index >= 15 is 0 Å². The van der Waals surface area contributed by atoms with Crippen LogP contribution < -0.4 is 10.6 Å². The van der Waals surface area contributed by atoms with E-state index in [1.165, 1.54) is 25.9 Å². The van der Waals surface area contributed by atoms with Gasteiger partial charge < -0.3 is 20.6 Å². The molecule has 6 heteroatoms. The minimum atomic E-state index is -0.235. The van der Waals surface area contributed by atoms with Gasteiger partial charge in [0.05, 0.1) is 24.5 Å². The summed E-state index contributed by atoms with van der Waals surface area (Å²) in [4.78, 5) is 4.62. The molecular formula is C13H23N5O. The Kier molecular flexibility index (Phi) is 3.61. The van der Waals surface area contributed by atoms with Crippen molar-refractivity contribution in [2.45, 2.75) is 31.9 Å². The Morgan fingerprint density at radius 1 is 1.26 bits per heavy atom. The number of likely N-dealkylation sites (tertiary alicyclic amines) is 1. The van der Waals surface area contributed by atoms with E-state index in [4.69, 9.17) is 5.73 Å². The van der Waals surface area contributed by atoms with E-state index in [1.54, 1.807) is 6.20 Å². The van der Waals surface area contributed by atoms with Crippen molar-refractivity contribution in [3.8, 4) is 0 Å². The van der Waals surface area contributed by atoms with Crippen LogP contribution in [0.1, 0.15) is 19.3 Å². The molecule has 3 N–H and O–H groups in total. The zero-order valence-electron chi connectivity index (χ0n) is 11.3. The summed E-state index contributed by atoms with van der Waals surface area (Å²) in [6, 6.07) is 0. The van der Waals surface area contributed by atoms with Crippen molar-refractivity contribution in [3.63, 3.8) is 0 Å². The molecule has 2 aliphatic heterocycles. The maximum absolute atomic E-state index is 9.66. The van der Waals surface area contributed by atoms with E-state index in [-0.39, 0.29) is 6.10 Å². The second kappa shape index (κ2) is 5.38. The average Bonchev–Trinajstić information content (AvgIpc) is 3.08.